The van der Waals surface area contributed by atoms with Gasteiger partial charge in [-0.2, -0.15) is 0 Å². The van der Waals surface area contributed by atoms with Gasteiger partial charge in [0.1, 0.15) is 0 Å². The summed E-state index contributed by atoms with van der Waals surface area (Å²) in [5.74, 6) is -0.0914. The SMILES string of the molecule is Cc1ccc(C2C3=C(CC(C)(C)CC3=O)Nc3ccccc3N2CC(=O)Nc2ccccc2Cl)cc1. The first-order valence-corrected chi connectivity index (χ1v) is 12.6. The minimum atomic E-state index is -0.405. The predicted octanol–water partition coefficient (Wildman–Crippen LogP) is 6.90. The Morgan fingerprint density at radius 3 is 2.47 bits per heavy atom. The summed E-state index contributed by atoms with van der Waals surface area (Å²) in [6, 6.07) is 22.9. The van der Waals surface area contributed by atoms with Gasteiger partial charge in [-0.15, -0.1) is 0 Å². The molecule has 0 spiro atoms. The molecule has 0 aromatic heterocycles. The summed E-state index contributed by atoms with van der Waals surface area (Å²) in [6.45, 7) is 6.35. The molecule has 6 heteroatoms. The van der Waals surface area contributed by atoms with Crippen LogP contribution in [-0.2, 0) is 9.59 Å². The summed E-state index contributed by atoms with van der Waals surface area (Å²) >= 11 is 6.30. The minimum absolute atomic E-state index is 0.0515. The van der Waals surface area contributed by atoms with Crippen molar-refractivity contribution in [2.75, 3.05) is 22.1 Å². The zero-order valence-corrected chi connectivity index (χ0v) is 21.5. The first-order chi connectivity index (χ1) is 17.2. The second-order valence-corrected chi connectivity index (χ2v) is 10.9. The fraction of sp³-hybridized carbons (Fsp3) is 0.267. The van der Waals surface area contributed by atoms with E-state index in [0.29, 0.717) is 17.1 Å². The highest BCUT2D eigenvalue weighted by Crippen LogP contribution is 2.48. The quantitative estimate of drug-likeness (QED) is 0.409. The van der Waals surface area contributed by atoms with Gasteiger partial charge >= 0.3 is 0 Å². The summed E-state index contributed by atoms with van der Waals surface area (Å²) in [6.07, 6.45) is 1.22. The third-order valence-corrected chi connectivity index (χ3v) is 7.19. The zero-order valence-electron chi connectivity index (χ0n) is 20.8. The van der Waals surface area contributed by atoms with Crippen LogP contribution in [0.5, 0.6) is 0 Å². The molecule has 3 aromatic rings. The van der Waals surface area contributed by atoms with Gasteiger partial charge in [-0.05, 0) is 48.6 Å². The Balaban J connectivity index is 1.64. The van der Waals surface area contributed by atoms with Crippen molar-refractivity contribution in [2.24, 2.45) is 5.41 Å². The highest BCUT2D eigenvalue weighted by Gasteiger charge is 2.41. The number of Topliss-reactive ketones (excluding diaryl/α,β-unsaturated/α-hetero) is 1. The van der Waals surface area contributed by atoms with Gasteiger partial charge in [0.25, 0.3) is 0 Å². The van der Waals surface area contributed by atoms with Crippen molar-refractivity contribution >= 4 is 40.4 Å². The molecule has 1 aliphatic heterocycles. The molecule has 0 radical (unpaired) electrons. The highest BCUT2D eigenvalue weighted by molar-refractivity contribution is 6.33. The van der Waals surface area contributed by atoms with Crippen LogP contribution < -0.4 is 15.5 Å². The predicted molar refractivity (Wildman–Crippen MR) is 146 cm³/mol. The smallest absolute Gasteiger partial charge is 0.243 e. The number of nitrogens with zero attached hydrogens (tertiary/aromatic N) is 1. The maximum atomic E-state index is 13.7. The van der Waals surface area contributed by atoms with Crippen LogP contribution >= 0.6 is 11.6 Å². The number of halogens is 1. The second kappa shape index (κ2) is 9.47. The van der Waals surface area contributed by atoms with Crippen molar-refractivity contribution in [3.05, 3.63) is 100 Å². The van der Waals surface area contributed by atoms with Crippen molar-refractivity contribution in [2.45, 2.75) is 39.7 Å². The van der Waals surface area contributed by atoms with E-state index in [2.05, 4.69) is 48.7 Å². The molecule has 0 saturated carbocycles. The molecular weight excluding hydrogens is 470 g/mol. The Hall–Kier alpha value is -3.57. The van der Waals surface area contributed by atoms with E-state index in [0.717, 1.165) is 40.2 Å². The van der Waals surface area contributed by atoms with E-state index in [-0.39, 0.29) is 23.7 Å². The first kappa shape index (κ1) is 24.1. The van der Waals surface area contributed by atoms with Gasteiger partial charge in [-0.3, -0.25) is 9.59 Å². The molecule has 0 saturated heterocycles. The number of nitrogens with one attached hydrogen (secondary N) is 2. The number of amides is 1. The molecule has 1 atom stereocenters. The number of ketones is 1. The van der Waals surface area contributed by atoms with Crippen LogP contribution in [0.1, 0.15) is 43.9 Å². The van der Waals surface area contributed by atoms with Gasteiger partial charge in [0.15, 0.2) is 5.78 Å². The molecule has 2 aliphatic rings. The van der Waals surface area contributed by atoms with Crippen LogP contribution in [-0.4, -0.2) is 18.2 Å². The zero-order chi connectivity index (χ0) is 25.4. The number of hydrogen-bond donors (Lipinski definition) is 2. The summed E-state index contributed by atoms with van der Waals surface area (Å²) in [5, 5.41) is 7.02. The van der Waals surface area contributed by atoms with Gasteiger partial charge in [0.2, 0.25) is 5.91 Å². The number of anilines is 3. The van der Waals surface area contributed by atoms with Crippen LogP contribution in [0.15, 0.2) is 84.1 Å². The number of rotatable bonds is 4. The average molecular weight is 500 g/mol. The molecule has 1 unspecified atom stereocenters. The lowest BCUT2D eigenvalue weighted by Crippen LogP contribution is -2.40. The van der Waals surface area contributed by atoms with Gasteiger partial charge < -0.3 is 15.5 Å². The minimum Gasteiger partial charge on any atom is -0.357 e. The van der Waals surface area contributed by atoms with Crippen molar-refractivity contribution in [3.8, 4) is 0 Å². The Labute approximate surface area is 217 Å². The topological polar surface area (TPSA) is 61.4 Å². The van der Waals surface area contributed by atoms with Gasteiger partial charge in [0.05, 0.1) is 34.7 Å². The van der Waals surface area contributed by atoms with Crippen LogP contribution in [0.4, 0.5) is 17.1 Å². The lowest BCUT2D eigenvalue weighted by molar-refractivity contribution is -0.119. The molecular formula is C30H30ClN3O2. The van der Waals surface area contributed by atoms with E-state index in [1.165, 1.54) is 0 Å². The van der Waals surface area contributed by atoms with Crippen LogP contribution in [0.3, 0.4) is 0 Å². The van der Waals surface area contributed by atoms with E-state index < -0.39 is 6.04 Å². The molecule has 0 fully saturated rings. The van der Waals surface area contributed by atoms with E-state index in [4.69, 9.17) is 11.6 Å². The third-order valence-electron chi connectivity index (χ3n) is 6.86. The number of para-hydroxylation sites is 3. The largest absolute Gasteiger partial charge is 0.357 e. The van der Waals surface area contributed by atoms with Gasteiger partial charge in [-0.25, -0.2) is 0 Å². The Kier molecular flexibility index (Phi) is 6.35. The number of aryl methyl sites for hydroxylation is 1. The molecule has 1 amide bonds. The maximum absolute atomic E-state index is 13.7. The molecule has 5 nitrogen and oxygen atoms in total. The number of fused-ring (bicyclic) bond motifs is 1. The molecule has 5 rings (SSSR count). The first-order valence-electron chi connectivity index (χ1n) is 12.2. The van der Waals surface area contributed by atoms with E-state index in [9.17, 15) is 9.59 Å². The molecule has 0 bridgehead atoms. The number of hydrogen-bond acceptors (Lipinski definition) is 4. The normalized spacial score (nSPS) is 18.6. The standard InChI is InChI=1S/C30H30ClN3O2/c1-19-12-14-20(15-13-19)29-28-24(16-30(2,3)17-26(28)35)32-23-10-6-7-11-25(23)34(29)18-27(36)33-22-9-5-4-8-21(22)31/h4-15,29,32H,16-18H2,1-3H3,(H,33,36). The lowest BCUT2D eigenvalue weighted by Gasteiger charge is -2.38. The fourth-order valence-electron chi connectivity index (χ4n) is 5.23. The van der Waals surface area contributed by atoms with Gasteiger partial charge in [-0.1, -0.05) is 79.5 Å². The van der Waals surface area contributed by atoms with Crippen LogP contribution in [0, 0.1) is 12.3 Å². The molecule has 184 valence electrons. The van der Waals surface area contributed by atoms with Gasteiger partial charge in [0, 0.05) is 17.7 Å². The summed E-state index contributed by atoms with van der Waals surface area (Å²) < 4.78 is 0. The molecule has 3 aromatic carbocycles. The van der Waals surface area contributed by atoms with Crippen LogP contribution in [0.2, 0.25) is 5.02 Å². The summed E-state index contributed by atoms with van der Waals surface area (Å²) in [5.41, 5.74) is 5.96. The molecule has 1 aliphatic carbocycles. The van der Waals surface area contributed by atoms with Crippen molar-refractivity contribution in [1.82, 2.24) is 0 Å². The molecule has 36 heavy (non-hydrogen) atoms. The lowest BCUT2D eigenvalue weighted by atomic mass is 9.73. The molecule has 2 N–H and O–H groups in total. The fourth-order valence-corrected chi connectivity index (χ4v) is 5.41. The number of carbonyl (C=O) groups excluding carboxylic acids is 2. The van der Waals surface area contributed by atoms with E-state index in [1.54, 1.807) is 12.1 Å². The van der Waals surface area contributed by atoms with Crippen molar-refractivity contribution in [3.63, 3.8) is 0 Å². The third kappa shape index (κ3) is 4.76. The second-order valence-electron chi connectivity index (χ2n) is 10.4. The highest BCUT2D eigenvalue weighted by atomic mass is 35.5. The number of allylic oxidation sites excluding steroid dienone is 1. The average Bonchev–Trinajstić information content (AvgIpc) is 2.95. The summed E-state index contributed by atoms with van der Waals surface area (Å²) in [4.78, 5) is 29.2. The summed E-state index contributed by atoms with van der Waals surface area (Å²) in [7, 11) is 0. The van der Waals surface area contributed by atoms with Crippen LogP contribution in [0.25, 0.3) is 0 Å². The molecule has 1 heterocycles. The van der Waals surface area contributed by atoms with Crippen molar-refractivity contribution in [1.29, 1.82) is 0 Å². The number of carbonyl (C=O) groups is 2. The van der Waals surface area contributed by atoms with E-state index in [1.807, 2.05) is 48.2 Å². The Morgan fingerprint density at radius 1 is 1.03 bits per heavy atom. The van der Waals surface area contributed by atoms with E-state index >= 15 is 0 Å². The Bertz CT molecular complexity index is 1360. The van der Waals surface area contributed by atoms with Crippen molar-refractivity contribution < 1.29 is 9.59 Å². The maximum Gasteiger partial charge on any atom is 0.243 e. The Morgan fingerprint density at radius 2 is 1.72 bits per heavy atom. The monoisotopic (exact) mass is 499 g/mol. The number of benzene rings is 3.